The highest BCUT2D eigenvalue weighted by molar-refractivity contribution is 5.90. The first-order valence-electron chi connectivity index (χ1n) is 10.9. The molecule has 2 aromatic rings. The van der Waals surface area contributed by atoms with Gasteiger partial charge in [0, 0.05) is 6.42 Å². The molecule has 3 rings (SSSR count). The number of allylic oxidation sites excluding steroid dienone is 1. The molecule has 0 aliphatic carbocycles. The van der Waals surface area contributed by atoms with Crippen molar-refractivity contribution in [2.75, 3.05) is 0 Å². The fourth-order valence-electron chi connectivity index (χ4n) is 3.49. The van der Waals surface area contributed by atoms with E-state index in [-0.39, 0.29) is 12.5 Å². The van der Waals surface area contributed by atoms with Gasteiger partial charge in [-0.25, -0.2) is 9.59 Å². The molecule has 0 spiro atoms. The zero-order valence-corrected chi connectivity index (χ0v) is 18.5. The zero-order chi connectivity index (χ0) is 22.9. The first-order chi connectivity index (χ1) is 15.5. The van der Waals surface area contributed by atoms with E-state index in [9.17, 15) is 9.59 Å². The molecular formula is C26H30O6. The van der Waals surface area contributed by atoms with Crippen molar-refractivity contribution < 1.29 is 28.5 Å². The Balaban J connectivity index is 1.72. The number of carbonyl (C=O) groups excluding carboxylic acids is 2. The molecule has 0 N–H and O–H groups in total. The molecule has 0 amide bonds. The summed E-state index contributed by atoms with van der Waals surface area (Å²) in [6.07, 6.45) is 1.06. The second kappa shape index (κ2) is 11.6. The molecule has 32 heavy (non-hydrogen) atoms. The summed E-state index contributed by atoms with van der Waals surface area (Å²) in [5.41, 5.74) is 0.886. The lowest BCUT2D eigenvalue weighted by Gasteiger charge is -2.39. The molecule has 1 fully saturated rings. The lowest BCUT2D eigenvalue weighted by molar-refractivity contribution is -0.272. The molecule has 0 aromatic heterocycles. The van der Waals surface area contributed by atoms with Crippen LogP contribution in [-0.4, -0.2) is 42.6 Å². The fourth-order valence-corrected chi connectivity index (χ4v) is 3.49. The Hall–Kier alpha value is -2.96. The number of ether oxygens (including phenoxy) is 4. The van der Waals surface area contributed by atoms with Gasteiger partial charge in [-0.1, -0.05) is 42.5 Å². The average molecular weight is 439 g/mol. The topological polar surface area (TPSA) is 71.1 Å². The van der Waals surface area contributed by atoms with Gasteiger partial charge >= 0.3 is 11.9 Å². The summed E-state index contributed by atoms with van der Waals surface area (Å²) in [5, 5.41) is 0. The van der Waals surface area contributed by atoms with Crippen LogP contribution in [0.1, 0.15) is 53.8 Å². The number of hydrogen-bond donors (Lipinski definition) is 0. The van der Waals surface area contributed by atoms with Gasteiger partial charge in [-0.05, 0) is 51.0 Å². The molecule has 0 saturated carbocycles. The Morgan fingerprint density at radius 2 is 1.53 bits per heavy atom. The van der Waals surface area contributed by atoms with Gasteiger partial charge in [0.25, 0.3) is 0 Å². The Kier molecular flexibility index (Phi) is 8.59. The third-order valence-electron chi connectivity index (χ3n) is 5.32. The molecule has 1 aliphatic rings. The van der Waals surface area contributed by atoms with Crippen molar-refractivity contribution in [3.05, 3.63) is 84.4 Å². The normalized spacial score (nSPS) is 23.7. The summed E-state index contributed by atoms with van der Waals surface area (Å²) < 4.78 is 23.6. The van der Waals surface area contributed by atoms with Gasteiger partial charge in [0.15, 0.2) is 12.4 Å². The largest absolute Gasteiger partial charge is 0.456 e. The minimum absolute atomic E-state index is 0.119. The second-order valence-corrected chi connectivity index (χ2v) is 7.88. The molecule has 5 atom stereocenters. The van der Waals surface area contributed by atoms with Crippen LogP contribution < -0.4 is 0 Å². The third-order valence-corrected chi connectivity index (χ3v) is 5.32. The molecule has 170 valence electrons. The standard InChI is InChI=1S/C26H30O6/c1-4-5-12-18(2)29-26-23(32-25(28)21-15-10-7-11-16-21)17-22(19(3)30-26)31-24(27)20-13-8-6-9-14-20/h4,6-11,13-16,18-19,22-23,26H,1,5,12,17H2,2-3H3/t18-,19+,22-,23-,26-/m1/s1. The summed E-state index contributed by atoms with van der Waals surface area (Å²) in [6.45, 7) is 7.50. The predicted octanol–water partition coefficient (Wildman–Crippen LogP) is 4.94. The minimum atomic E-state index is -0.760. The number of esters is 2. The molecule has 2 aromatic carbocycles. The van der Waals surface area contributed by atoms with Crippen LogP contribution in [0.2, 0.25) is 0 Å². The quantitative estimate of drug-likeness (QED) is 0.408. The summed E-state index contributed by atoms with van der Waals surface area (Å²) in [5.74, 6) is -0.924. The van der Waals surface area contributed by atoms with Gasteiger partial charge in [-0.15, -0.1) is 6.58 Å². The number of benzene rings is 2. The smallest absolute Gasteiger partial charge is 0.338 e. The van der Waals surface area contributed by atoms with Crippen molar-refractivity contribution in [3.8, 4) is 0 Å². The fraction of sp³-hybridized carbons (Fsp3) is 0.385. The van der Waals surface area contributed by atoms with E-state index in [1.807, 2.05) is 32.1 Å². The Morgan fingerprint density at radius 3 is 2.06 bits per heavy atom. The summed E-state index contributed by atoms with van der Waals surface area (Å²) in [6, 6.07) is 17.5. The van der Waals surface area contributed by atoms with Crippen LogP contribution in [0.15, 0.2) is 73.3 Å². The van der Waals surface area contributed by atoms with E-state index in [2.05, 4.69) is 6.58 Å². The molecule has 0 unspecified atom stereocenters. The van der Waals surface area contributed by atoms with Gasteiger partial charge in [-0.2, -0.15) is 0 Å². The molecule has 1 saturated heterocycles. The highest BCUT2D eigenvalue weighted by Crippen LogP contribution is 2.28. The molecule has 0 radical (unpaired) electrons. The number of hydrogen-bond acceptors (Lipinski definition) is 6. The maximum atomic E-state index is 12.7. The SMILES string of the molecule is C=CCC[C@@H](C)O[C@@H]1O[C@@H](C)[C@H](OC(=O)c2ccccc2)C[C@H]1OC(=O)c1ccccc1. The highest BCUT2D eigenvalue weighted by Gasteiger charge is 2.41. The lowest BCUT2D eigenvalue weighted by atomic mass is 10.0. The van der Waals surface area contributed by atoms with Crippen LogP contribution in [0.5, 0.6) is 0 Å². The second-order valence-electron chi connectivity index (χ2n) is 7.88. The summed E-state index contributed by atoms with van der Waals surface area (Å²) >= 11 is 0. The molecular weight excluding hydrogens is 408 g/mol. The van der Waals surface area contributed by atoms with Crippen molar-refractivity contribution in [2.24, 2.45) is 0 Å². The van der Waals surface area contributed by atoms with Crippen LogP contribution in [0, 0.1) is 0 Å². The van der Waals surface area contributed by atoms with Crippen LogP contribution in [0.25, 0.3) is 0 Å². The Bertz CT molecular complexity index is 882. The van der Waals surface area contributed by atoms with Crippen molar-refractivity contribution in [1.29, 1.82) is 0 Å². The van der Waals surface area contributed by atoms with E-state index in [1.165, 1.54) is 0 Å². The predicted molar refractivity (Wildman–Crippen MR) is 120 cm³/mol. The first-order valence-corrected chi connectivity index (χ1v) is 10.9. The molecule has 0 bridgehead atoms. The van der Waals surface area contributed by atoms with Gasteiger partial charge in [-0.3, -0.25) is 0 Å². The summed E-state index contributed by atoms with van der Waals surface area (Å²) in [4.78, 5) is 25.3. The van der Waals surface area contributed by atoms with Gasteiger partial charge in [0.2, 0.25) is 0 Å². The maximum Gasteiger partial charge on any atom is 0.338 e. The van der Waals surface area contributed by atoms with E-state index < -0.39 is 36.5 Å². The van der Waals surface area contributed by atoms with E-state index >= 15 is 0 Å². The zero-order valence-electron chi connectivity index (χ0n) is 18.5. The number of rotatable bonds is 9. The number of carbonyl (C=O) groups is 2. The van der Waals surface area contributed by atoms with E-state index in [0.29, 0.717) is 11.1 Å². The lowest BCUT2D eigenvalue weighted by Crippen LogP contribution is -2.51. The minimum Gasteiger partial charge on any atom is -0.456 e. The highest BCUT2D eigenvalue weighted by atomic mass is 16.7. The van der Waals surface area contributed by atoms with Gasteiger partial charge in [0.1, 0.15) is 6.10 Å². The van der Waals surface area contributed by atoms with Crippen LogP contribution in [-0.2, 0) is 18.9 Å². The van der Waals surface area contributed by atoms with Crippen molar-refractivity contribution >= 4 is 11.9 Å². The molecule has 6 heteroatoms. The van der Waals surface area contributed by atoms with Crippen molar-refractivity contribution in [2.45, 2.75) is 63.8 Å². The first kappa shape index (κ1) is 23.7. The van der Waals surface area contributed by atoms with Gasteiger partial charge in [0.05, 0.1) is 23.3 Å². The Morgan fingerprint density at radius 1 is 1.00 bits per heavy atom. The van der Waals surface area contributed by atoms with Gasteiger partial charge < -0.3 is 18.9 Å². The monoisotopic (exact) mass is 438 g/mol. The molecule has 6 nitrogen and oxygen atoms in total. The van der Waals surface area contributed by atoms with Crippen LogP contribution >= 0.6 is 0 Å². The third kappa shape index (κ3) is 6.52. The van der Waals surface area contributed by atoms with Crippen molar-refractivity contribution in [3.63, 3.8) is 0 Å². The van der Waals surface area contributed by atoms with E-state index in [1.54, 1.807) is 48.5 Å². The molecule has 1 aliphatic heterocycles. The Labute approximate surface area is 189 Å². The summed E-state index contributed by atoms with van der Waals surface area (Å²) in [7, 11) is 0. The van der Waals surface area contributed by atoms with E-state index in [4.69, 9.17) is 18.9 Å². The van der Waals surface area contributed by atoms with Crippen molar-refractivity contribution in [1.82, 2.24) is 0 Å². The van der Waals surface area contributed by atoms with E-state index in [0.717, 1.165) is 12.8 Å². The van der Waals surface area contributed by atoms with Crippen LogP contribution in [0.3, 0.4) is 0 Å². The van der Waals surface area contributed by atoms with Crippen LogP contribution in [0.4, 0.5) is 0 Å². The maximum absolute atomic E-state index is 12.7. The molecule has 1 heterocycles. The average Bonchev–Trinajstić information content (AvgIpc) is 2.81.